The van der Waals surface area contributed by atoms with E-state index in [1.807, 2.05) is 42.5 Å². The molecule has 0 bridgehead atoms. The van der Waals surface area contributed by atoms with Crippen LogP contribution in [0, 0.1) is 0 Å². The van der Waals surface area contributed by atoms with Crippen molar-refractivity contribution in [2.45, 2.75) is 45.1 Å². The van der Waals surface area contributed by atoms with E-state index in [1.165, 1.54) is 0 Å². The minimum atomic E-state index is -0.378. The highest BCUT2D eigenvalue weighted by atomic mass is 16.5. The molecule has 5 nitrogen and oxygen atoms in total. The molecule has 0 aromatic heterocycles. The summed E-state index contributed by atoms with van der Waals surface area (Å²) in [5.74, 6) is 0.750. The van der Waals surface area contributed by atoms with Gasteiger partial charge in [-0.25, -0.2) is 0 Å². The Bertz CT molecular complexity index is 790. The molecular weight excluding hydrogens is 364 g/mol. The molecular formula is C24H30N2O3. The summed E-state index contributed by atoms with van der Waals surface area (Å²) >= 11 is 0. The number of nitrogens with zero attached hydrogens (tertiary/aromatic N) is 1. The molecule has 0 spiro atoms. The maximum absolute atomic E-state index is 12.7. The first-order valence-electron chi connectivity index (χ1n) is 10.5. The lowest BCUT2D eigenvalue weighted by Gasteiger charge is -2.24. The summed E-state index contributed by atoms with van der Waals surface area (Å²) in [5, 5.41) is 3.00. The maximum atomic E-state index is 12.7. The first kappa shape index (κ1) is 20.9. The Balaban J connectivity index is 1.47. The van der Waals surface area contributed by atoms with Gasteiger partial charge in [0, 0.05) is 18.7 Å². The van der Waals surface area contributed by atoms with E-state index in [2.05, 4.69) is 12.2 Å². The fourth-order valence-corrected chi connectivity index (χ4v) is 3.56. The lowest BCUT2D eigenvalue weighted by molar-refractivity contribution is -0.124. The number of ether oxygens (including phenoxy) is 1. The molecule has 154 valence electrons. The van der Waals surface area contributed by atoms with Gasteiger partial charge >= 0.3 is 0 Å². The minimum absolute atomic E-state index is 0.0636. The second-order valence-electron chi connectivity index (χ2n) is 7.41. The van der Waals surface area contributed by atoms with E-state index in [-0.39, 0.29) is 17.9 Å². The third kappa shape index (κ3) is 5.83. The zero-order valence-electron chi connectivity index (χ0n) is 17.1. The predicted molar refractivity (Wildman–Crippen MR) is 114 cm³/mol. The van der Waals surface area contributed by atoms with Crippen LogP contribution in [0.4, 0.5) is 0 Å². The van der Waals surface area contributed by atoms with Gasteiger partial charge in [-0.1, -0.05) is 43.7 Å². The second kappa shape index (κ2) is 10.6. The number of unbranched alkanes of at least 4 members (excludes halogenated alkanes) is 1. The molecule has 2 aromatic carbocycles. The zero-order valence-corrected chi connectivity index (χ0v) is 17.1. The van der Waals surface area contributed by atoms with Crippen molar-refractivity contribution in [2.24, 2.45) is 0 Å². The average Bonchev–Trinajstić information content (AvgIpc) is 3.25. The maximum Gasteiger partial charge on any atom is 0.254 e. The summed E-state index contributed by atoms with van der Waals surface area (Å²) in [6.45, 7) is 4.07. The predicted octanol–water partition coefficient (Wildman–Crippen LogP) is 3.83. The summed E-state index contributed by atoms with van der Waals surface area (Å²) in [4.78, 5) is 27.1. The SMILES string of the molecule is CCCCOc1ccc(CCNC(=O)C2CCCN2C(=O)c2ccccc2)cc1. The average molecular weight is 395 g/mol. The Labute approximate surface area is 173 Å². The van der Waals surface area contributed by atoms with Crippen LogP contribution in [0.1, 0.15) is 48.5 Å². The van der Waals surface area contributed by atoms with E-state index in [9.17, 15) is 9.59 Å². The van der Waals surface area contributed by atoms with Crippen LogP contribution in [-0.2, 0) is 11.2 Å². The van der Waals surface area contributed by atoms with Gasteiger partial charge in [-0.05, 0) is 55.5 Å². The highest BCUT2D eigenvalue weighted by molar-refractivity contribution is 5.97. The standard InChI is InChI=1S/C24H30N2O3/c1-2-3-18-29-21-13-11-19(12-14-21)15-16-25-23(27)22-10-7-17-26(22)24(28)20-8-5-4-6-9-20/h4-6,8-9,11-14,22H,2-3,7,10,15-18H2,1H3,(H,25,27). The van der Waals surface area contributed by atoms with Crippen molar-refractivity contribution in [2.75, 3.05) is 19.7 Å². The van der Waals surface area contributed by atoms with Crippen molar-refractivity contribution in [1.29, 1.82) is 0 Å². The summed E-state index contributed by atoms with van der Waals surface area (Å²) in [7, 11) is 0. The van der Waals surface area contributed by atoms with E-state index in [4.69, 9.17) is 4.74 Å². The fraction of sp³-hybridized carbons (Fsp3) is 0.417. The van der Waals surface area contributed by atoms with Gasteiger partial charge in [0.2, 0.25) is 5.91 Å². The monoisotopic (exact) mass is 394 g/mol. The molecule has 1 aliphatic heterocycles. The first-order chi connectivity index (χ1) is 14.2. The molecule has 5 heteroatoms. The van der Waals surface area contributed by atoms with Crippen molar-refractivity contribution in [3.05, 3.63) is 65.7 Å². The van der Waals surface area contributed by atoms with Crippen LogP contribution in [0.25, 0.3) is 0 Å². The molecule has 0 radical (unpaired) electrons. The normalized spacial score (nSPS) is 15.9. The highest BCUT2D eigenvalue weighted by Crippen LogP contribution is 2.20. The number of carbonyl (C=O) groups is 2. The van der Waals surface area contributed by atoms with E-state index < -0.39 is 0 Å². The summed E-state index contributed by atoms with van der Waals surface area (Å²) in [5.41, 5.74) is 1.78. The van der Waals surface area contributed by atoms with Crippen LogP contribution >= 0.6 is 0 Å². The molecule has 1 unspecified atom stereocenters. The van der Waals surface area contributed by atoms with Crippen LogP contribution in [0.5, 0.6) is 5.75 Å². The van der Waals surface area contributed by atoms with E-state index in [0.29, 0.717) is 25.1 Å². The number of rotatable bonds is 9. The molecule has 1 saturated heterocycles. The lowest BCUT2D eigenvalue weighted by Crippen LogP contribution is -2.46. The Morgan fingerprint density at radius 1 is 1.10 bits per heavy atom. The molecule has 1 heterocycles. The Morgan fingerprint density at radius 3 is 2.59 bits per heavy atom. The van der Waals surface area contributed by atoms with Gasteiger partial charge in [0.25, 0.3) is 5.91 Å². The Hall–Kier alpha value is -2.82. The highest BCUT2D eigenvalue weighted by Gasteiger charge is 2.34. The molecule has 2 amide bonds. The largest absolute Gasteiger partial charge is 0.494 e. The molecule has 29 heavy (non-hydrogen) atoms. The quantitative estimate of drug-likeness (QED) is 0.658. The first-order valence-corrected chi connectivity index (χ1v) is 10.5. The number of amides is 2. The molecule has 0 saturated carbocycles. The number of benzene rings is 2. The van der Waals surface area contributed by atoms with Gasteiger partial charge in [-0.15, -0.1) is 0 Å². The molecule has 1 fully saturated rings. The number of hydrogen-bond donors (Lipinski definition) is 1. The number of likely N-dealkylation sites (tertiary alicyclic amines) is 1. The van der Waals surface area contributed by atoms with Gasteiger partial charge in [0.15, 0.2) is 0 Å². The topological polar surface area (TPSA) is 58.6 Å². The molecule has 1 atom stereocenters. The second-order valence-corrected chi connectivity index (χ2v) is 7.41. The van der Waals surface area contributed by atoms with Crippen LogP contribution in [-0.4, -0.2) is 42.5 Å². The van der Waals surface area contributed by atoms with Gasteiger partial charge in [-0.2, -0.15) is 0 Å². The third-order valence-corrected chi connectivity index (χ3v) is 5.24. The van der Waals surface area contributed by atoms with Crippen molar-refractivity contribution < 1.29 is 14.3 Å². The number of hydrogen-bond acceptors (Lipinski definition) is 3. The van der Waals surface area contributed by atoms with Gasteiger partial charge in [-0.3, -0.25) is 9.59 Å². The zero-order chi connectivity index (χ0) is 20.5. The van der Waals surface area contributed by atoms with Crippen LogP contribution in [0.15, 0.2) is 54.6 Å². The van der Waals surface area contributed by atoms with Gasteiger partial charge < -0.3 is 15.0 Å². The van der Waals surface area contributed by atoms with E-state index in [1.54, 1.807) is 17.0 Å². The van der Waals surface area contributed by atoms with Crippen molar-refractivity contribution in [3.63, 3.8) is 0 Å². The molecule has 3 rings (SSSR count). The number of carbonyl (C=O) groups excluding carboxylic acids is 2. The summed E-state index contributed by atoms with van der Waals surface area (Å²) in [6, 6.07) is 16.8. The summed E-state index contributed by atoms with van der Waals surface area (Å²) < 4.78 is 5.68. The smallest absolute Gasteiger partial charge is 0.254 e. The summed E-state index contributed by atoms with van der Waals surface area (Å²) in [6.07, 6.45) is 4.50. The van der Waals surface area contributed by atoms with Crippen molar-refractivity contribution in [3.8, 4) is 5.75 Å². The van der Waals surface area contributed by atoms with Gasteiger partial charge in [0.05, 0.1) is 6.61 Å². The molecule has 1 N–H and O–H groups in total. The van der Waals surface area contributed by atoms with Gasteiger partial charge in [0.1, 0.15) is 11.8 Å². The van der Waals surface area contributed by atoms with E-state index in [0.717, 1.165) is 43.6 Å². The Morgan fingerprint density at radius 2 is 1.86 bits per heavy atom. The van der Waals surface area contributed by atoms with Crippen molar-refractivity contribution in [1.82, 2.24) is 10.2 Å². The van der Waals surface area contributed by atoms with Crippen LogP contribution in [0.3, 0.4) is 0 Å². The Kier molecular flexibility index (Phi) is 7.68. The molecule has 0 aliphatic carbocycles. The molecule has 1 aliphatic rings. The van der Waals surface area contributed by atoms with Crippen molar-refractivity contribution >= 4 is 11.8 Å². The minimum Gasteiger partial charge on any atom is -0.494 e. The molecule has 2 aromatic rings. The third-order valence-electron chi connectivity index (χ3n) is 5.24. The number of nitrogens with one attached hydrogen (secondary N) is 1. The van der Waals surface area contributed by atoms with E-state index >= 15 is 0 Å². The van der Waals surface area contributed by atoms with Crippen LogP contribution in [0.2, 0.25) is 0 Å². The van der Waals surface area contributed by atoms with Crippen LogP contribution < -0.4 is 10.1 Å². The fourth-order valence-electron chi connectivity index (χ4n) is 3.56. The lowest BCUT2D eigenvalue weighted by atomic mass is 10.1.